The first-order chi connectivity index (χ1) is 13.7. The first-order valence-electron chi connectivity index (χ1n) is 8.15. The molecule has 0 heterocycles. The Bertz CT molecular complexity index is 928. The third-order valence-electron chi connectivity index (χ3n) is 3.38. The van der Waals surface area contributed by atoms with Crippen LogP contribution in [-0.4, -0.2) is 24.3 Å². The third-order valence-corrected chi connectivity index (χ3v) is 5.04. The van der Waals surface area contributed by atoms with Crippen LogP contribution in [0.3, 0.4) is 0 Å². The van der Waals surface area contributed by atoms with E-state index in [2.05, 4.69) is 48.0 Å². The lowest BCUT2D eigenvalue weighted by Crippen LogP contribution is -2.44. The van der Waals surface area contributed by atoms with Crippen LogP contribution in [0.15, 0.2) is 45.3 Å². The fourth-order valence-electron chi connectivity index (χ4n) is 2.00. The Labute approximate surface area is 193 Å². The summed E-state index contributed by atoms with van der Waals surface area (Å²) in [5.74, 6) is -1.00. The summed E-state index contributed by atoms with van der Waals surface area (Å²) < 4.78 is 6.89. The molecule has 7 nitrogen and oxygen atoms in total. The van der Waals surface area contributed by atoms with E-state index in [0.717, 1.165) is 4.47 Å². The lowest BCUT2D eigenvalue weighted by molar-refractivity contribution is -0.130. The highest BCUT2D eigenvalue weighted by Gasteiger charge is 2.11. The minimum Gasteiger partial charge on any atom is -0.483 e. The number of ether oxygens (including phenoxy) is 1. The van der Waals surface area contributed by atoms with Crippen LogP contribution in [0.25, 0.3) is 0 Å². The van der Waals surface area contributed by atoms with Gasteiger partial charge in [0, 0.05) is 22.3 Å². The molecule has 11 heteroatoms. The quantitative estimate of drug-likeness (QED) is 0.430. The fraction of sp³-hybridized carbons (Fsp3) is 0.167. The maximum Gasteiger partial charge on any atom is 0.276 e. The van der Waals surface area contributed by atoms with Crippen molar-refractivity contribution in [2.45, 2.75) is 12.8 Å². The van der Waals surface area contributed by atoms with Gasteiger partial charge in [0.15, 0.2) is 6.61 Å². The topological polar surface area (TPSA) is 96.5 Å². The number of hydrazine groups is 1. The summed E-state index contributed by atoms with van der Waals surface area (Å²) in [5, 5.41) is 3.32. The molecule has 0 radical (unpaired) electrons. The Hall–Kier alpha value is -1.81. The van der Waals surface area contributed by atoms with Crippen molar-refractivity contribution >= 4 is 78.5 Å². The van der Waals surface area contributed by atoms with Crippen LogP contribution in [0.4, 0.5) is 5.69 Å². The number of hydrogen-bond acceptors (Lipinski definition) is 4. The molecule has 0 fully saturated rings. The molecule has 3 N–H and O–H groups in total. The number of halogens is 4. The van der Waals surface area contributed by atoms with Crippen molar-refractivity contribution in [3.8, 4) is 5.75 Å². The SMILES string of the molecule is O=C(CCC(=O)Nc1ccc(Cl)cc1Cl)NNC(=O)COc1ccc(Br)cc1Br. The number of hydrogen-bond donors (Lipinski definition) is 3. The number of carbonyl (C=O) groups is 3. The third kappa shape index (κ3) is 8.22. The number of rotatable bonds is 7. The second kappa shape index (κ2) is 11.4. The van der Waals surface area contributed by atoms with E-state index in [-0.39, 0.29) is 19.4 Å². The second-order valence-electron chi connectivity index (χ2n) is 5.63. The predicted molar refractivity (Wildman–Crippen MR) is 118 cm³/mol. The summed E-state index contributed by atoms with van der Waals surface area (Å²) in [6, 6.07) is 9.87. The zero-order chi connectivity index (χ0) is 21.4. The van der Waals surface area contributed by atoms with Crippen LogP contribution in [0.1, 0.15) is 12.8 Å². The van der Waals surface area contributed by atoms with Crippen molar-refractivity contribution < 1.29 is 19.1 Å². The van der Waals surface area contributed by atoms with Gasteiger partial charge >= 0.3 is 0 Å². The Morgan fingerprint density at radius 3 is 2.28 bits per heavy atom. The van der Waals surface area contributed by atoms with E-state index < -0.39 is 17.7 Å². The molecule has 0 bridgehead atoms. The van der Waals surface area contributed by atoms with Crippen LogP contribution in [0.2, 0.25) is 10.0 Å². The molecular weight excluding hydrogens is 553 g/mol. The molecule has 0 aromatic heterocycles. The number of anilines is 1. The normalized spacial score (nSPS) is 10.2. The number of carbonyl (C=O) groups excluding carboxylic acids is 3. The molecule has 0 spiro atoms. The van der Waals surface area contributed by atoms with Crippen molar-refractivity contribution in [1.82, 2.24) is 10.9 Å². The highest BCUT2D eigenvalue weighted by atomic mass is 79.9. The van der Waals surface area contributed by atoms with Crippen molar-refractivity contribution in [3.63, 3.8) is 0 Å². The van der Waals surface area contributed by atoms with E-state index in [9.17, 15) is 14.4 Å². The average molecular weight is 568 g/mol. The van der Waals surface area contributed by atoms with E-state index in [1.165, 1.54) is 6.07 Å². The van der Waals surface area contributed by atoms with Gasteiger partial charge in [0.25, 0.3) is 5.91 Å². The van der Waals surface area contributed by atoms with Crippen molar-refractivity contribution in [3.05, 3.63) is 55.4 Å². The molecule has 0 aliphatic carbocycles. The van der Waals surface area contributed by atoms with Crippen LogP contribution in [-0.2, 0) is 14.4 Å². The smallest absolute Gasteiger partial charge is 0.276 e. The maximum atomic E-state index is 11.9. The van der Waals surface area contributed by atoms with Crippen LogP contribution >= 0.6 is 55.1 Å². The maximum absolute atomic E-state index is 11.9. The first-order valence-corrected chi connectivity index (χ1v) is 10.5. The van der Waals surface area contributed by atoms with Crippen molar-refractivity contribution in [2.24, 2.45) is 0 Å². The molecule has 29 heavy (non-hydrogen) atoms. The van der Waals surface area contributed by atoms with Gasteiger partial charge in [-0.05, 0) is 52.3 Å². The first kappa shape index (κ1) is 23.5. The lowest BCUT2D eigenvalue weighted by atomic mass is 10.2. The minimum atomic E-state index is -0.550. The monoisotopic (exact) mass is 565 g/mol. The molecule has 0 atom stereocenters. The van der Waals surface area contributed by atoms with E-state index >= 15 is 0 Å². The molecule has 3 amide bonds. The second-order valence-corrected chi connectivity index (χ2v) is 8.25. The highest BCUT2D eigenvalue weighted by Crippen LogP contribution is 2.28. The zero-order valence-electron chi connectivity index (χ0n) is 14.7. The molecule has 0 aliphatic rings. The summed E-state index contributed by atoms with van der Waals surface area (Å²) in [4.78, 5) is 35.5. The van der Waals surface area contributed by atoms with Crippen molar-refractivity contribution in [2.75, 3.05) is 11.9 Å². The molecule has 154 valence electrons. The predicted octanol–water partition coefficient (Wildman–Crippen LogP) is 4.46. The van der Waals surface area contributed by atoms with Gasteiger partial charge in [0.05, 0.1) is 15.2 Å². The van der Waals surface area contributed by atoms with Gasteiger partial charge in [-0.1, -0.05) is 39.1 Å². The van der Waals surface area contributed by atoms with Crippen LogP contribution in [0, 0.1) is 0 Å². The number of benzene rings is 2. The van der Waals surface area contributed by atoms with Crippen LogP contribution in [0.5, 0.6) is 5.75 Å². The molecule has 2 aromatic rings. The molecule has 0 saturated heterocycles. The van der Waals surface area contributed by atoms with E-state index in [4.69, 9.17) is 27.9 Å². The Kier molecular flexibility index (Phi) is 9.22. The molecule has 0 aliphatic heterocycles. The average Bonchev–Trinajstić information content (AvgIpc) is 2.66. The summed E-state index contributed by atoms with van der Waals surface area (Å²) in [7, 11) is 0. The Morgan fingerprint density at radius 2 is 1.59 bits per heavy atom. The summed E-state index contributed by atoms with van der Waals surface area (Å²) >= 11 is 18.4. The summed E-state index contributed by atoms with van der Waals surface area (Å²) in [5.41, 5.74) is 4.83. The molecule has 2 aromatic carbocycles. The Morgan fingerprint density at radius 1 is 0.897 bits per heavy atom. The summed E-state index contributed by atoms with van der Waals surface area (Å²) in [6.45, 7) is -0.296. The van der Waals surface area contributed by atoms with Crippen LogP contribution < -0.4 is 20.9 Å². The van der Waals surface area contributed by atoms with Crippen molar-refractivity contribution in [1.29, 1.82) is 0 Å². The minimum absolute atomic E-state index is 0.0942. The van der Waals surface area contributed by atoms with Gasteiger partial charge in [-0.2, -0.15) is 0 Å². The number of nitrogens with one attached hydrogen (secondary N) is 3. The van der Waals surface area contributed by atoms with E-state index in [1.54, 1.807) is 30.3 Å². The van der Waals surface area contributed by atoms with Gasteiger partial charge in [-0.25, -0.2) is 0 Å². The number of amides is 3. The van der Waals surface area contributed by atoms with Gasteiger partial charge in [0.1, 0.15) is 5.75 Å². The van der Waals surface area contributed by atoms with Gasteiger partial charge in [0.2, 0.25) is 11.8 Å². The van der Waals surface area contributed by atoms with E-state index in [1.807, 2.05) is 0 Å². The molecule has 0 saturated carbocycles. The zero-order valence-corrected chi connectivity index (χ0v) is 19.4. The largest absolute Gasteiger partial charge is 0.483 e. The molecule has 2 rings (SSSR count). The molecular formula is C18H15Br2Cl2N3O4. The Balaban J connectivity index is 1.68. The van der Waals surface area contributed by atoms with E-state index in [0.29, 0.717) is 26.0 Å². The summed E-state index contributed by atoms with van der Waals surface area (Å²) in [6.07, 6.45) is -0.223. The van der Waals surface area contributed by atoms with Gasteiger partial charge < -0.3 is 10.1 Å². The standard InChI is InChI=1S/C18H15Br2Cl2N3O4/c19-10-1-4-15(12(20)7-10)29-9-18(28)25-24-17(27)6-5-16(26)23-14-3-2-11(21)8-13(14)22/h1-4,7-8H,5-6,9H2,(H,23,26)(H,24,27)(H,25,28). The highest BCUT2D eigenvalue weighted by molar-refractivity contribution is 9.11. The van der Waals surface area contributed by atoms with Gasteiger partial charge in [-0.15, -0.1) is 0 Å². The lowest BCUT2D eigenvalue weighted by Gasteiger charge is -2.10. The fourth-order valence-corrected chi connectivity index (χ4v) is 3.62. The molecule has 0 unspecified atom stereocenters. The van der Waals surface area contributed by atoms with Gasteiger partial charge in [-0.3, -0.25) is 25.2 Å².